The van der Waals surface area contributed by atoms with E-state index in [0.29, 0.717) is 23.4 Å². The average molecular weight is 718 g/mol. The Bertz CT molecular complexity index is 3150. The lowest BCUT2D eigenvalue weighted by Crippen LogP contribution is -2.00. The molecule has 0 spiro atoms. The smallest absolute Gasteiger partial charge is 0.227 e. The second kappa shape index (κ2) is 13.0. The van der Waals surface area contributed by atoms with Crippen molar-refractivity contribution in [1.82, 2.24) is 24.5 Å². The monoisotopic (exact) mass is 717 g/mol. The molecule has 0 saturated heterocycles. The molecule has 3 heterocycles. The minimum absolute atomic E-state index is 0.610. The number of nitrogens with zero attached hydrogens (tertiary/aromatic N) is 5. The summed E-state index contributed by atoms with van der Waals surface area (Å²) in [4.78, 5) is 19.6. The van der Waals surface area contributed by atoms with Gasteiger partial charge in [-0.2, -0.15) is 0 Å². The molecular weight excluding hydrogens is 687 g/mol. The summed E-state index contributed by atoms with van der Waals surface area (Å²) in [6, 6.07) is 64.6. The van der Waals surface area contributed by atoms with Crippen molar-refractivity contribution in [2.75, 3.05) is 0 Å². The van der Waals surface area contributed by atoms with Crippen LogP contribution in [-0.2, 0) is 0 Å². The Balaban J connectivity index is 1.01. The van der Waals surface area contributed by atoms with Crippen LogP contribution in [0.1, 0.15) is 0 Å². The molecule has 262 valence electrons. The molecule has 56 heavy (non-hydrogen) atoms. The summed E-state index contributed by atoms with van der Waals surface area (Å²) in [5.74, 6) is 2.53. The van der Waals surface area contributed by atoms with Crippen molar-refractivity contribution in [1.29, 1.82) is 0 Å². The van der Waals surface area contributed by atoms with Crippen LogP contribution < -0.4 is 0 Å². The molecule has 6 heteroatoms. The minimum atomic E-state index is 0.610. The Labute approximate surface area is 322 Å². The molecule has 0 aliphatic carbocycles. The zero-order valence-electron chi connectivity index (χ0n) is 30.0. The molecule has 0 unspecified atom stereocenters. The van der Waals surface area contributed by atoms with E-state index in [-0.39, 0.29) is 0 Å². The highest BCUT2D eigenvalue weighted by molar-refractivity contribution is 6.25. The second-order valence-corrected chi connectivity index (χ2v) is 13.9. The van der Waals surface area contributed by atoms with E-state index >= 15 is 0 Å². The molecular formula is C50H31N5O. The summed E-state index contributed by atoms with van der Waals surface area (Å²) in [7, 11) is 0. The van der Waals surface area contributed by atoms with E-state index in [1.807, 2.05) is 91.0 Å². The van der Waals surface area contributed by atoms with E-state index in [0.717, 1.165) is 66.6 Å². The predicted octanol–water partition coefficient (Wildman–Crippen LogP) is 12.6. The summed E-state index contributed by atoms with van der Waals surface area (Å²) < 4.78 is 8.95. The van der Waals surface area contributed by atoms with E-state index < -0.39 is 0 Å². The number of oxazole rings is 1. The van der Waals surface area contributed by atoms with Crippen molar-refractivity contribution in [2.45, 2.75) is 0 Å². The standard InChI is InChI=1S/C50H31N5O/c1-4-13-35(14-5-1)47-52-48(36-15-6-2-7-16-36)54-49(53-47)37-22-20-32(21-23-37)33-24-27-39(28-25-33)55-43-31-26-34-12-10-11-19-40(34)44(43)41-29-30-42-46(45(41)55)56-50(51-42)38-17-8-3-9-18-38/h1-31H. The maximum atomic E-state index is 6.63. The molecule has 11 rings (SSSR count). The predicted molar refractivity (Wildman–Crippen MR) is 226 cm³/mol. The van der Waals surface area contributed by atoms with Crippen LogP contribution in [0, 0.1) is 0 Å². The van der Waals surface area contributed by atoms with Crippen molar-refractivity contribution in [2.24, 2.45) is 0 Å². The topological polar surface area (TPSA) is 69.6 Å². The highest BCUT2D eigenvalue weighted by Gasteiger charge is 2.21. The number of hydrogen-bond acceptors (Lipinski definition) is 5. The van der Waals surface area contributed by atoms with Gasteiger partial charge >= 0.3 is 0 Å². The first-order valence-corrected chi connectivity index (χ1v) is 18.6. The van der Waals surface area contributed by atoms with Crippen LogP contribution >= 0.6 is 0 Å². The Morgan fingerprint density at radius 2 is 0.893 bits per heavy atom. The van der Waals surface area contributed by atoms with Gasteiger partial charge in [0.1, 0.15) is 5.52 Å². The third kappa shape index (κ3) is 5.35. The van der Waals surface area contributed by atoms with Gasteiger partial charge in [0.2, 0.25) is 5.89 Å². The van der Waals surface area contributed by atoms with Gasteiger partial charge in [-0.05, 0) is 64.4 Å². The van der Waals surface area contributed by atoms with Crippen LogP contribution in [0.5, 0.6) is 0 Å². The Hall–Kier alpha value is -7.70. The van der Waals surface area contributed by atoms with Crippen molar-refractivity contribution >= 4 is 43.7 Å². The average Bonchev–Trinajstić information content (AvgIpc) is 3.87. The Morgan fingerprint density at radius 1 is 0.375 bits per heavy atom. The Kier molecular flexibility index (Phi) is 7.38. The lowest BCUT2D eigenvalue weighted by molar-refractivity contribution is 0.622. The molecule has 0 fully saturated rings. The number of benzene rings is 8. The quantitative estimate of drug-likeness (QED) is 0.171. The van der Waals surface area contributed by atoms with Crippen LogP contribution in [0.15, 0.2) is 192 Å². The molecule has 0 N–H and O–H groups in total. The molecule has 0 aliphatic heterocycles. The van der Waals surface area contributed by atoms with Gasteiger partial charge in [-0.25, -0.2) is 19.9 Å². The van der Waals surface area contributed by atoms with Gasteiger partial charge in [-0.3, -0.25) is 0 Å². The van der Waals surface area contributed by atoms with E-state index in [4.69, 9.17) is 24.4 Å². The van der Waals surface area contributed by atoms with Gasteiger partial charge in [-0.1, -0.05) is 146 Å². The summed E-state index contributed by atoms with van der Waals surface area (Å²) in [6.07, 6.45) is 0. The van der Waals surface area contributed by atoms with Crippen molar-refractivity contribution in [3.63, 3.8) is 0 Å². The molecule has 0 atom stereocenters. The summed E-state index contributed by atoms with van der Waals surface area (Å²) in [6.45, 7) is 0. The van der Waals surface area contributed by atoms with Gasteiger partial charge in [0, 0.05) is 38.7 Å². The molecule has 0 bridgehead atoms. The number of aromatic nitrogens is 5. The first-order valence-electron chi connectivity index (χ1n) is 18.6. The maximum absolute atomic E-state index is 6.63. The highest BCUT2D eigenvalue weighted by atomic mass is 16.3. The number of hydrogen-bond donors (Lipinski definition) is 0. The SMILES string of the molecule is c1ccc(-c2nc(-c3ccccc3)nc(-c3ccc(-c4ccc(-n5c6ccc7ccccc7c6c6ccc7nc(-c8ccccc8)oc7c65)cc4)cc3)n2)cc1. The summed E-state index contributed by atoms with van der Waals surface area (Å²) in [5, 5.41) is 4.73. The second-order valence-electron chi connectivity index (χ2n) is 13.9. The third-order valence-electron chi connectivity index (χ3n) is 10.5. The lowest BCUT2D eigenvalue weighted by Gasteiger charge is -2.11. The van der Waals surface area contributed by atoms with Crippen LogP contribution in [-0.4, -0.2) is 24.5 Å². The summed E-state index contributed by atoms with van der Waals surface area (Å²) >= 11 is 0. The molecule has 3 aromatic heterocycles. The molecule has 0 saturated carbocycles. The molecule has 11 aromatic rings. The fourth-order valence-corrected chi connectivity index (χ4v) is 7.78. The summed E-state index contributed by atoms with van der Waals surface area (Å²) in [5.41, 5.74) is 10.7. The number of rotatable bonds is 6. The molecule has 8 aromatic carbocycles. The first-order chi connectivity index (χ1) is 27.7. The fourth-order valence-electron chi connectivity index (χ4n) is 7.78. The third-order valence-corrected chi connectivity index (χ3v) is 10.5. The van der Waals surface area contributed by atoms with E-state index in [1.54, 1.807) is 0 Å². The largest absolute Gasteiger partial charge is 0.434 e. The molecule has 0 radical (unpaired) electrons. The van der Waals surface area contributed by atoms with Gasteiger partial charge in [0.15, 0.2) is 23.1 Å². The maximum Gasteiger partial charge on any atom is 0.227 e. The first kappa shape index (κ1) is 31.8. The fraction of sp³-hybridized carbons (Fsp3) is 0. The van der Waals surface area contributed by atoms with Gasteiger partial charge in [-0.15, -0.1) is 0 Å². The van der Waals surface area contributed by atoms with Gasteiger partial charge < -0.3 is 8.98 Å². The minimum Gasteiger partial charge on any atom is -0.434 e. The number of fused-ring (bicyclic) bond motifs is 7. The van der Waals surface area contributed by atoms with Crippen LogP contribution in [0.4, 0.5) is 0 Å². The highest BCUT2D eigenvalue weighted by Crippen LogP contribution is 2.41. The Morgan fingerprint density at radius 3 is 1.52 bits per heavy atom. The zero-order chi connectivity index (χ0) is 37.0. The normalized spacial score (nSPS) is 11.6. The molecule has 6 nitrogen and oxygen atoms in total. The van der Waals surface area contributed by atoms with Gasteiger partial charge in [0.25, 0.3) is 0 Å². The molecule has 0 amide bonds. The van der Waals surface area contributed by atoms with E-state index in [1.165, 1.54) is 16.2 Å². The zero-order valence-corrected chi connectivity index (χ0v) is 30.0. The van der Waals surface area contributed by atoms with Crippen molar-refractivity contribution in [3.05, 3.63) is 188 Å². The molecule has 0 aliphatic rings. The lowest BCUT2D eigenvalue weighted by atomic mass is 10.0. The van der Waals surface area contributed by atoms with Crippen molar-refractivity contribution in [3.8, 4) is 62.4 Å². The van der Waals surface area contributed by atoms with Gasteiger partial charge in [0.05, 0.1) is 11.0 Å². The van der Waals surface area contributed by atoms with Crippen LogP contribution in [0.2, 0.25) is 0 Å². The van der Waals surface area contributed by atoms with E-state index in [2.05, 4.69) is 102 Å². The van der Waals surface area contributed by atoms with E-state index in [9.17, 15) is 0 Å². The van der Waals surface area contributed by atoms with Crippen molar-refractivity contribution < 1.29 is 4.42 Å². The van der Waals surface area contributed by atoms with Crippen LogP contribution in [0.25, 0.3) is 106 Å². The van der Waals surface area contributed by atoms with Crippen LogP contribution in [0.3, 0.4) is 0 Å².